The molecule has 0 bridgehead atoms. The molecule has 2 heterocycles. The van der Waals surface area contributed by atoms with E-state index in [9.17, 15) is 18.0 Å². The van der Waals surface area contributed by atoms with Crippen molar-refractivity contribution in [1.82, 2.24) is 10.3 Å². The van der Waals surface area contributed by atoms with Crippen molar-refractivity contribution in [3.8, 4) is 0 Å². The number of aromatic nitrogens is 1. The van der Waals surface area contributed by atoms with Crippen LogP contribution < -0.4 is 10.6 Å². The molecule has 26 heavy (non-hydrogen) atoms. The van der Waals surface area contributed by atoms with Gasteiger partial charge >= 0.3 is 6.18 Å². The van der Waals surface area contributed by atoms with Crippen molar-refractivity contribution in [3.05, 3.63) is 52.7 Å². The number of anilines is 1. The third-order valence-electron chi connectivity index (χ3n) is 3.82. The lowest BCUT2D eigenvalue weighted by Gasteiger charge is -2.12. The van der Waals surface area contributed by atoms with Gasteiger partial charge in [-0.25, -0.2) is 4.98 Å². The van der Waals surface area contributed by atoms with Crippen molar-refractivity contribution in [2.45, 2.75) is 22.7 Å². The highest BCUT2D eigenvalue weighted by molar-refractivity contribution is 8.01. The molecule has 0 radical (unpaired) electrons. The second-order valence-corrected chi connectivity index (χ2v) is 7.34. The van der Waals surface area contributed by atoms with Gasteiger partial charge in [-0.05, 0) is 24.1 Å². The number of fused-ring (bicyclic) bond motifs is 1. The molecule has 0 saturated carbocycles. The van der Waals surface area contributed by atoms with Crippen LogP contribution in [-0.2, 0) is 17.4 Å². The minimum atomic E-state index is -4.49. The summed E-state index contributed by atoms with van der Waals surface area (Å²) in [7, 11) is 0. The number of alkyl halides is 3. The summed E-state index contributed by atoms with van der Waals surface area (Å²) in [6.45, 7) is 0.611. The molecule has 2 N–H and O–H groups in total. The average Bonchev–Trinajstić information content (AvgIpc) is 3.03. The fourth-order valence-electron chi connectivity index (χ4n) is 2.53. The Morgan fingerprint density at radius 2 is 2.08 bits per heavy atom. The van der Waals surface area contributed by atoms with Crippen molar-refractivity contribution >= 4 is 35.1 Å². The van der Waals surface area contributed by atoms with Gasteiger partial charge in [-0.1, -0.05) is 29.8 Å². The minimum absolute atomic E-state index is 0.0699. The first-order chi connectivity index (χ1) is 12.3. The third kappa shape index (κ3) is 4.42. The summed E-state index contributed by atoms with van der Waals surface area (Å²) in [5.74, 6) is 0.0797. The number of amides is 1. The maximum atomic E-state index is 12.6. The highest BCUT2D eigenvalue weighted by Crippen LogP contribution is 2.36. The number of nitrogens with one attached hydrogen (secondary N) is 2. The van der Waals surface area contributed by atoms with Crippen LogP contribution in [0, 0.1) is 0 Å². The number of thioether (sulfide) groups is 1. The van der Waals surface area contributed by atoms with Gasteiger partial charge < -0.3 is 10.6 Å². The van der Waals surface area contributed by atoms with Gasteiger partial charge in [0.25, 0.3) is 0 Å². The fraction of sp³-hybridized carbons (Fsp3) is 0.294. The van der Waals surface area contributed by atoms with E-state index in [1.54, 1.807) is 0 Å². The summed E-state index contributed by atoms with van der Waals surface area (Å²) >= 11 is 7.35. The molecule has 1 aromatic carbocycles. The van der Waals surface area contributed by atoms with Crippen LogP contribution in [0.5, 0.6) is 0 Å². The van der Waals surface area contributed by atoms with E-state index in [0.717, 1.165) is 22.7 Å². The molecule has 4 nitrogen and oxygen atoms in total. The molecular formula is C17H15ClF3N3OS. The van der Waals surface area contributed by atoms with Gasteiger partial charge in [0.2, 0.25) is 5.91 Å². The van der Waals surface area contributed by atoms with Crippen molar-refractivity contribution in [2.24, 2.45) is 0 Å². The number of rotatable bonds is 5. The van der Waals surface area contributed by atoms with E-state index >= 15 is 0 Å². The van der Waals surface area contributed by atoms with E-state index in [4.69, 9.17) is 11.6 Å². The topological polar surface area (TPSA) is 54.0 Å². The lowest BCUT2D eigenvalue weighted by Crippen LogP contribution is -2.35. The first-order valence-corrected chi connectivity index (χ1v) is 9.09. The Bertz CT molecular complexity index is 791. The predicted octanol–water partition coefficient (Wildman–Crippen LogP) is 4.00. The molecular weight excluding hydrogens is 387 g/mol. The molecule has 0 fully saturated rings. The van der Waals surface area contributed by atoms with Crippen LogP contribution in [0.25, 0.3) is 0 Å². The maximum absolute atomic E-state index is 12.6. The van der Waals surface area contributed by atoms with Gasteiger partial charge in [-0.2, -0.15) is 13.2 Å². The van der Waals surface area contributed by atoms with Gasteiger partial charge in [-0.15, -0.1) is 11.8 Å². The van der Waals surface area contributed by atoms with Crippen LogP contribution in [0.4, 0.5) is 19.0 Å². The van der Waals surface area contributed by atoms with Gasteiger partial charge in [-0.3, -0.25) is 4.79 Å². The second kappa shape index (κ2) is 7.75. The number of hydrogen-bond donors (Lipinski definition) is 2. The molecule has 3 rings (SSSR count). The van der Waals surface area contributed by atoms with Crippen LogP contribution in [0.3, 0.4) is 0 Å². The normalized spacial score (nSPS) is 16.2. The molecule has 0 aliphatic carbocycles. The molecule has 9 heteroatoms. The van der Waals surface area contributed by atoms with Crippen molar-refractivity contribution in [3.63, 3.8) is 0 Å². The van der Waals surface area contributed by atoms with Gasteiger partial charge in [0.1, 0.15) is 5.82 Å². The molecule has 0 spiro atoms. The summed E-state index contributed by atoms with van der Waals surface area (Å²) < 4.78 is 37.7. The largest absolute Gasteiger partial charge is 0.417 e. The van der Waals surface area contributed by atoms with Crippen LogP contribution in [0.2, 0.25) is 5.02 Å². The average molecular weight is 402 g/mol. The Kier molecular flexibility index (Phi) is 5.62. The van der Waals surface area contributed by atoms with Crippen LogP contribution in [0.15, 0.2) is 41.4 Å². The summed E-state index contributed by atoms with van der Waals surface area (Å²) in [6.07, 6.45) is -3.08. The van der Waals surface area contributed by atoms with Gasteiger partial charge in [0, 0.05) is 24.2 Å². The molecule has 1 aliphatic rings. The first kappa shape index (κ1) is 18.8. The van der Waals surface area contributed by atoms with Crippen molar-refractivity contribution in [1.29, 1.82) is 0 Å². The lowest BCUT2D eigenvalue weighted by atomic mass is 10.1. The van der Waals surface area contributed by atoms with Gasteiger partial charge in [0.05, 0.1) is 15.8 Å². The van der Waals surface area contributed by atoms with Crippen molar-refractivity contribution in [2.75, 3.05) is 18.4 Å². The highest BCUT2D eigenvalue weighted by atomic mass is 35.5. The molecule has 138 valence electrons. The zero-order chi connectivity index (χ0) is 18.7. The number of carbonyl (C=O) groups is 1. The minimum Gasteiger partial charge on any atom is -0.367 e. The Morgan fingerprint density at radius 3 is 2.77 bits per heavy atom. The highest BCUT2D eigenvalue weighted by Gasteiger charge is 2.31. The number of carbonyl (C=O) groups excluding carboxylic acids is 1. The SMILES string of the molecule is O=C(NCCNc1ncc(C(F)(F)F)cc1Cl)C1Cc2ccccc2S1. The number of benzene rings is 1. The zero-order valence-corrected chi connectivity index (χ0v) is 15.0. The first-order valence-electron chi connectivity index (χ1n) is 7.83. The zero-order valence-electron chi connectivity index (χ0n) is 13.4. The Labute approximate surface area is 157 Å². The number of hydrogen-bond acceptors (Lipinski definition) is 4. The summed E-state index contributed by atoms with van der Waals surface area (Å²) in [6, 6.07) is 8.71. The van der Waals surface area contributed by atoms with Crippen LogP contribution >= 0.6 is 23.4 Å². The lowest BCUT2D eigenvalue weighted by molar-refractivity contribution is -0.137. The summed E-state index contributed by atoms with van der Waals surface area (Å²) in [5, 5.41) is 5.35. The molecule has 1 amide bonds. The molecule has 1 aromatic heterocycles. The van der Waals surface area contributed by atoms with E-state index in [0.29, 0.717) is 19.5 Å². The quantitative estimate of drug-likeness (QED) is 0.744. The Hall–Kier alpha value is -1.93. The van der Waals surface area contributed by atoms with E-state index in [1.807, 2.05) is 24.3 Å². The second-order valence-electron chi connectivity index (χ2n) is 5.69. The molecule has 0 saturated heterocycles. The number of pyridine rings is 1. The van der Waals surface area contributed by atoms with E-state index in [-0.39, 0.29) is 22.0 Å². The van der Waals surface area contributed by atoms with Crippen LogP contribution in [0.1, 0.15) is 11.1 Å². The van der Waals surface area contributed by atoms with Crippen molar-refractivity contribution < 1.29 is 18.0 Å². The molecule has 2 aromatic rings. The van der Waals surface area contributed by atoms with Gasteiger partial charge in [0.15, 0.2) is 0 Å². The Morgan fingerprint density at radius 1 is 1.31 bits per heavy atom. The summed E-state index contributed by atoms with van der Waals surface area (Å²) in [4.78, 5) is 17.0. The standard InChI is InChI=1S/C17H15ClF3N3OS/c18-12-8-11(17(19,20)21)9-24-15(12)22-5-6-23-16(25)14-7-10-3-1-2-4-13(10)26-14/h1-4,8-9,14H,5-7H2,(H,22,24)(H,23,25). The maximum Gasteiger partial charge on any atom is 0.417 e. The third-order valence-corrected chi connectivity index (χ3v) is 5.43. The number of halogens is 4. The molecule has 1 atom stereocenters. The number of nitrogens with zero attached hydrogens (tertiary/aromatic N) is 1. The Balaban J connectivity index is 1.45. The van der Waals surface area contributed by atoms with E-state index in [1.165, 1.54) is 11.8 Å². The smallest absolute Gasteiger partial charge is 0.367 e. The molecule has 1 aliphatic heterocycles. The van der Waals surface area contributed by atoms with E-state index in [2.05, 4.69) is 15.6 Å². The fourth-order valence-corrected chi connectivity index (χ4v) is 3.98. The van der Waals surface area contributed by atoms with Crippen LogP contribution in [-0.4, -0.2) is 29.2 Å². The molecule has 1 unspecified atom stereocenters. The predicted molar refractivity (Wildman–Crippen MR) is 95.5 cm³/mol. The monoisotopic (exact) mass is 401 g/mol. The van der Waals surface area contributed by atoms with E-state index < -0.39 is 11.7 Å². The summed E-state index contributed by atoms with van der Waals surface area (Å²) in [5.41, 5.74) is 0.260.